The van der Waals surface area contributed by atoms with Crippen molar-refractivity contribution in [1.29, 1.82) is 0 Å². The Morgan fingerprint density at radius 2 is 1.79 bits per heavy atom. The number of carbonyl (C=O) groups excluding carboxylic acids is 2. The first kappa shape index (κ1) is 20.2. The molecule has 0 radical (unpaired) electrons. The molecule has 0 saturated carbocycles. The van der Waals surface area contributed by atoms with E-state index in [-0.39, 0.29) is 39.9 Å². The van der Waals surface area contributed by atoms with Crippen LogP contribution < -0.4 is 9.47 Å². The topological polar surface area (TPSA) is 119 Å². The summed E-state index contributed by atoms with van der Waals surface area (Å²) in [4.78, 5) is 36.8. The van der Waals surface area contributed by atoms with Crippen molar-refractivity contribution in [2.75, 3.05) is 14.2 Å². The lowest BCUT2D eigenvalue weighted by atomic mass is 10.1. The minimum absolute atomic E-state index is 0.142. The van der Waals surface area contributed by atoms with Crippen LogP contribution in [-0.2, 0) is 11.3 Å². The van der Waals surface area contributed by atoms with E-state index in [0.717, 1.165) is 16.7 Å². The Balaban J connectivity index is 1.91. The van der Waals surface area contributed by atoms with Gasteiger partial charge in [0.2, 0.25) is 5.75 Å². The van der Waals surface area contributed by atoms with E-state index < -0.39 is 16.1 Å². The second-order valence-electron chi connectivity index (χ2n) is 5.93. The fraction of sp³-hybridized carbons (Fsp3) is 0.158. The van der Waals surface area contributed by atoms with E-state index in [2.05, 4.69) is 0 Å². The molecule has 0 bridgehead atoms. The van der Waals surface area contributed by atoms with Gasteiger partial charge in [0.15, 0.2) is 11.5 Å². The molecule has 2 aromatic carbocycles. The smallest absolute Gasteiger partial charge is 0.293 e. The van der Waals surface area contributed by atoms with Crippen molar-refractivity contribution in [3.63, 3.8) is 0 Å². The number of nitro benzene ring substituents is 1. The molecule has 1 heterocycles. The zero-order valence-electron chi connectivity index (χ0n) is 15.4. The Bertz CT molecular complexity index is 1010. The molecule has 1 fully saturated rings. The van der Waals surface area contributed by atoms with Crippen LogP contribution in [0, 0.1) is 10.1 Å². The van der Waals surface area contributed by atoms with E-state index in [1.165, 1.54) is 50.6 Å². The van der Waals surface area contributed by atoms with Crippen molar-refractivity contribution in [3.05, 3.63) is 62.5 Å². The molecule has 9 nitrogen and oxygen atoms in total. The summed E-state index contributed by atoms with van der Waals surface area (Å²) in [6.45, 7) is -0.207. The van der Waals surface area contributed by atoms with E-state index >= 15 is 0 Å². The molecule has 1 aliphatic heterocycles. The minimum Gasteiger partial charge on any atom is -0.502 e. The van der Waals surface area contributed by atoms with Crippen molar-refractivity contribution >= 4 is 34.7 Å². The van der Waals surface area contributed by atoms with Gasteiger partial charge < -0.3 is 14.6 Å². The summed E-state index contributed by atoms with van der Waals surface area (Å²) < 4.78 is 10.2. The maximum Gasteiger partial charge on any atom is 0.293 e. The highest BCUT2D eigenvalue weighted by Gasteiger charge is 2.36. The quantitative estimate of drug-likeness (QED) is 0.431. The highest BCUT2D eigenvalue weighted by molar-refractivity contribution is 8.18. The number of para-hydroxylation sites is 1. The SMILES string of the molecule is COc1cc(/C=C2\SC(=O)N(Cc3ccccc3[N+](=O)[O-])C2=O)cc(OC)c1O. The summed E-state index contributed by atoms with van der Waals surface area (Å²) >= 11 is 0.726. The highest BCUT2D eigenvalue weighted by Crippen LogP contribution is 2.40. The van der Waals surface area contributed by atoms with Crippen molar-refractivity contribution in [2.24, 2.45) is 0 Å². The molecule has 150 valence electrons. The third kappa shape index (κ3) is 4.02. The molecule has 2 aromatic rings. The van der Waals surface area contributed by atoms with Crippen molar-refractivity contribution < 1.29 is 29.1 Å². The van der Waals surface area contributed by atoms with Gasteiger partial charge in [0.05, 0.1) is 30.6 Å². The highest BCUT2D eigenvalue weighted by atomic mass is 32.2. The lowest BCUT2D eigenvalue weighted by Gasteiger charge is -2.12. The van der Waals surface area contributed by atoms with Gasteiger partial charge in [-0.05, 0) is 35.5 Å². The summed E-state index contributed by atoms with van der Waals surface area (Å²) in [5.41, 5.74) is 0.574. The van der Waals surface area contributed by atoms with E-state index in [0.29, 0.717) is 5.56 Å². The van der Waals surface area contributed by atoms with Crippen LogP contribution in [0.2, 0.25) is 0 Å². The molecule has 0 spiro atoms. The van der Waals surface area contributed by atoms with Crippen LogP contribution in [-0.4, -0.2) is 40.3 Å². The first-order chi connectivity index (χ1) is 13.8. The predicted octanol–water partition coefficient (Wildman–Crippen LogP) is 3.55. The number of imide groups is 1. The maximum atomic E-state index is 12.7. The Labute approximate surface area is 169 Å². The van der Waals surface area contributed by atoms with Gasteiger partial charge in [0, 0.05) is 11.6 Å². The molecule has 1 saturated heterocycles. The molecule has 0 aromatic heterocycles. The predicted molar refractivity (Wildman–Crippen MR) is 106 cm³/mol. The Morgan fingerprint density at radius 3 is 2.38 bits per heavy atom. The zero-order chi connectivity index (χ0) is 21.1. The lowest BCUT2D eigenvalue weighted by Crippen LogP contribution is -2.27. The normalized spacial score (nSPS) is 15.1. The van der Waals surface area contributed by atoms with E-state index in [9.17, 15) is 24.8 Å². The molecule has 3 rings (SSSR count). The number of thioether (sulfide) groups is 1. The number of carbonyl (C=O) groups is 2. The summed E-state index contributed by atoms with van der Waals surface area (Å²) in [7, 11) is 2.75. The van der Waals surface area contributed by atoms with Crippen LogP contribution in [0.25, 0.3) is 6.08 Å². The number of nitro groups is 1. The van der Waals surface area contributed by atoms with E-state index in [4.69, 9.17) is 9.47 Å². The minimum atomic E-state index is -0.566. The second-order valence-corrected chi connectivity index (χ2v) is 6.92. The number of hydrogen-bond acceptors (Lipinski definition) is 8. The van der Waals surface area contributed by atoms with Crippen molar-refractivity contribution in [2.45, 2.75) is 6.54 Å². The third-order valence-electron chi connectivity index (χ3n) is 4.19. The van der Waals surface area contributed by atoms with Crippen molar-refractivity contribution in [3.8, 4) is 17.2 Å². The van der Waals surface area contributed by atoms with Crippen LogP contribution in [0.1, 0.15) is 11.1 Å². The molecular weight excluding hydrogens is 400 g/mol. The second kappa shape index (κ2) is 8.23. The van der Waals surface area contributed by atoms with Gasteiger partial charge in [0.25, 0.3) is 16.8 Å². The number of hydrogen-bond donors (Lipinski definition) is 1. The standard InChI is InChI=1S/C19H16N2O7S/c1-27-14-7-11(8-15(28-2)17(14)22)9-16-18(23)20(19(24)29-16)10-12-5-3-4-6-13(12)21(25)26/h3-9,22H,10H2,1-2H3/b16-9-. The van der Waals surface area contributed by atoms with Crippen LogP contribution in [0.3, 0.4) is 0 Å². The Morgan fingerprint density at radius 1 is 1.17 bits per heavy atom. The lowest BCUT2D eigenvalue weighted by molar-refractivity contribution is -0.385. The molecular formula is C19H16N2O7S. The maximum absolute atomic E-state index is 12.7. The van der Waals surface area contributed by atoms with Gasteiger partial charge >= 0.3 is 0 Å². The number of methoxy groups -OCH3 is 2. The largest absolute Gasteiger partial charge is 0.502 e. The summed E-state index contributed by atoms with van der Waals surface area (Å²) in [5, 5.41) is 20.6. The molecule has 0 aliphatic carbocycles. The Kier molecular flexibility index (Phi) is 5.74. The molecule has 0 atom stereocenters. The molecule has 2 amide bonds. The van der Waals surface area contributed by atoms with E-state index in [1.807, 2.05) is 0 Å². The summed E-state index contributed by atoms with van der Waals surface area (Å²) in [6, 6.07) is 8.93. The van der Waals surface area contributed by atoms with Crippen LogP contribution in [0.15, 0.2) is 41.3 Å². The zero-order valence-corrected chi connectivity index (χ0v) is 16.3. The number of phenols is 1. The van der Waals surface area contributed by atoms with Gasteiger partial charge in [-0.2, -0.15) is 0 Å². The monoisotopic (exact) mass is 416 g/mol. The van der Waals surface area contributed by atoms with Gasteiger partial charge in [-0.1, -0.05) is 18.2 Å². The molecule has 29 heavy (non-hydrogen) atoms. The number of phenolic OH excluding ortho intramolecular Hbond substituents is 1. The molecule has 1 N–H and O–H groups in total. The number of nitrogens with zero attached hydrogens (tertiary/aromatic N) is 2. The van der Waals surface area contributed by atoms with Gasteiger partial charge in [-0.15, -0.1) is 0 Å². The Hall–Kier alpha value is -3.53. The van der Waals surface area contributed by atoms with Crippen LogP contribution in [0.4, 0.5) is 10.5 Å². The molecule has 1 aliphatic rings. The summed E-state index contributed by atoms with van der Waals surface area (Å²) in [6.07, 6.45) is 1.47. The summed E-state index contributed by atoms with van der Waals surface area (Å²) in [5.74, 6) is -0.453. The number of amides is 2. The van der Waals surface area contributed by atoms with Crippen LogP contribution >= 0.6 is 11.8 Å². The van der Waals surface area contributed by atoms with Gasteiger partial charge in [0.1, 0.15) is 0 Å². The number of ether oxygens (including phenoxy) is 2. The van der Waals surface area contributed by atoms with Crippen molar-refractivity contribution in [1.82, 2.24) is 4.90 Å². The van der Waals surface area contributed by atoms with Crippen LogP contribution in [0.5, 0.6) is 17.2 Å². The average molecular weight is 416 g/mol. The van der Waals surface area contributed by atoms with Gasteiger partial charge in [-0.3, -0.25) is 24.6 Å². The number of aromatic hydroxyl groups is 1. The first-order valence-electron chi connectivity index (χ1n) is 8.28. The number of rotatable bonds is 6. The first-order valence-corrected chi connectivity index (χ1v) is 9.10. The average Bonchev–Trinajstić information content (AvgIpc) is 2.96. The fourth-order valence-electron chi connectivity index (χ4n) is 2.78. The third-order valence-corrected chi connectivity index (χ3v) is 5.10. The van der Waals surface area contributed by atoms with Gasteiger partial charge in [-0.25, -0.2) is 0 Å². The van der Waals surface area contributed by atoms with E-state index in [1.54, 1.807) is 6.07 Å². The molecule has 10 heteroatoms. The number of benzene rings is 2. The molecule has 0 unspecified atom stereocenters. The fourth-order valence-corrected chi connectivity index (χ4v) is 3.62.